The summed E-state index contributed by atoms with van der Waals surface area (Å²) in [5, 5.41) is 0. The van der Waals surface area contributed by atoms with Gasteiger partial charge in [0.1, 0.15) is 11.9 Å². The highest BCUT2D eigenvalue weighted by Crippen LogP contribution is 2.66. The average Bonchev–Trinajstić information content (AvgIpc) is 3.10. The molecule has 5 aliphatic rings. The van der Waals surface area contributed by atoms with Crippen LogP contribution in [0.25, 0.3) is 0 Å². The van der Waals surface area contributed by atoms with Gasteiger partial charge >= 0.3 is 5.97 Å². The minimum absolute atomic E-state index is 0.0287. The van der Waals surface area contributed by atoms with Gasteiger partial charge in [0.15, 0.2) is 0 Å². The maximum absolute atomic E-state index is 12.7. The van der Waals surface area contributed by atoms with Crippen molar-refractivity contribution in [3.63, 3.8) is 0 Å². The van der Waals surface area contributed by atoms with E-state index in [1.54, 1.807) is 0 Å². The summed E-state index contributed by atoms with van der Waals surface area (Å²) in [4.78, 5) is 27.3. The molecule has 1 saturated heterocycles. The van der Waals surface area contributed by atoms with Crippen molar-refractivity contribution in [1.82, 2.24) is 4.90 Å². The van der Waals surface area contributed by atoms with Crippen molar-refractivity contribution in [1.29, 1.82) is 0 Å². The Kier molecular flexibility index (Phi) is 5.99. The molecule has 0 amide bonds. The number of rotatable bonds is 4. The maximum Gasteiger partial charge on any atom is 0.307 e. The Morgan fingerprint density at radius 2 is 1.74 bits per heavy atom. The number of hydrogen-bond acceptors (Lipinski definition) is 4. The largest absolute Gasteiger partial charge is 0.462 e. The van der Waals surface area contributed by atoms with Crippen molar-refractivity contribution in [2.75, 3.05) is 19.6 Å². The SMILES string of the molecule is C[C@]12CCC3C(CC[C@H]4CC(=O)CC[C@]34C)C1CCC2OC(=O)CCN1CCCCC1. The van der Waals surface area contributed by atoms with Crippen molar-refractivity contribution < 1.29 is 14.3 Å². The zero-order chi connectivity index (χ0) is 21.6. The summed E-state index contributed by atoms with van der Waals surface area (Å²) in [6, 6.07) is 0. The molecule has 0 aromatic heterocycles. The fraction of sp³-hybridized carbons (Fsp3) is 0.926. The van der Waals surface area contributed by atoms with Gasteiger partial charge in [-0.15, -0.1) is 0 Å². The van der Waals surface area contributed by atoms with E-state index >= 15 is 0 Å². The molecule has 4 aliphatic carbocycles. The monoisotopic (exact) mass is 429 g/mol. The van der Waals surface area contributed by atoms with Crippen LogP contribution in [0.5, 0.6) is 0 Å². The summed E-state index contributed by atoms with van der Waals surface area (Å²) in [5.41, 5.74) is 0.525. The van der Waals surface area contributed by atoms with E-state index in [4.69, 9.17) is 4.74 Å². The van der Waals surface area contributed by atoms with Crippen molar-refractivity contribution in [3.8, 4) is 0 Å². The van der Waals surface area contributed by atoms with Crippen LogP contribution in [-0.2, 0) is 14.3 Å². The van der Waals surface area contributed by atoms with E-state index in [1.807, 2.05) is 0 Å². The minimum atomic E-state index is 0.0287. The van der Waals surface area contributed by atoms with Crippen molar-refractivity contribution >= 4 is 11.8 Å². The predicted octanol–water partition coefficient (Wildman–Crippen LogP) is 5.39. The van der Waals surface area contributed by atoms with Crippen LogP contribution in [0.1, 0.15) is 97.3 Å². The number of fused-ring (bicyclic) bond motifs is 5. The molecular weight excluding hydrogens is 386 g/mol. The number of carbonyl (C=O) groups excluding carboxylic acids is 2. The first-order valence-corrected chi connectivity index (χ1v) is 13.3. The second-order valence-electron chi connectivity index (χ2n) is 12.2. The molecule has 31 heavy (non-hydrogen) atoms. The molecule has 4 saturated carbocycles. The molecule has 5 rings (SSSR count). The molecule has 1 aliphatic heterocycles. The van der Waals surface area contributed by atoms with Crippen LogP contribution in [0.3, 0.4) is 0 Å². The molecule has 4 unspecified atom stereocenters. The van der Waals surface area contributed by atoms with Crippen LogP contribution in [0.4, 0.5) is 0 Å². The molecule has 0 aromatic carbocycles. The number of ether oxygens (including phenoxy) is 1. The predicted molar refractivity (Wildman–Crippen MR) is 122 cm³/mol. The number of hydrogen-bond donors (Lipinski definition) is 0. The Morgan fingerprint density at radius 1 is 0.968 bits per heavy atom. The molecule has 1 heterocycles. The van der Waals surface area contributed by atoms with E-state index in [9.17, 15) is 9.59 Å². The van der Waals surface area contributed by atoms with Crippen LogP contribution in [0, 0.1) is 34.5 Å². The van der Waals surface area contributed by atoms with Gasteiger partial charge in [-0.25, -0.2) is 0 Å². The highest BCUT2D eigenvalue weighted by molar-refractivity contribution is 5.79. The van der Waals surface area contributed by atoms with E-state index in [0.29, 0.717) is 29.5 Å². The van der Waals surface area contributed by atoms with Crippen LogP contribution in [-0.4, -0.2) is 42.4 Å². The molecule has 0 aromatic rings. The van der Waals surface area contributed by atoms with Crippen molar-refractivity contribution in [2.24, 2.45) is 34.5 Å². The third-order valence-corrected chi connectivity index (χ3v) is 10.7. The van der Waals surface area contributed by atoms with Gasteiger partial charge in [-0.1, -0.05) is 20.3 Å². The Hall–Kier alpha value is -0.900. The summed E-state index contributed by atoms with van der Waals surface area (Å²) in [7, 11) is 0. The molecule has 5 fully saturated rings. The zero-order valence-corrected chi connectivity index (χ0v) is 19.9. The normalized spacial score (nSPS) is 45.5. The standard InChI is InChI=1S/C27H43NO3/c1-26-13-10-20(29)18-19(26)6-7-21-22-8-9-24(27(22,2)14-11-23(21)26)31-25(30)12-17-28-15-4-3-5-16-28/h19,21-24H,3-18H2,1-2H3/t19-,21?,22?,23?,24?,26-,27-/m0/s1. The van der Waals surface area contributed by atoms with E-state index in [-0.39, 0.29) is 17.5 Å². The molecule has 7 atom stereocenters. The number of piperidine rings is 1. The first kappa shape index (κ1) is 21.9. The van der Waals surface area contributed by atoms with Gasteiger partial charge in [-0.2, -0.15) is 0 Å². The minimum Gasteiger partial charge on any atom is -0.462 e. The first-order chi connectivity index (χ1) is 14.9. The fourth-order valence-corrected chi connectivity index (χ4v) is 8.84. The Morgan fingerprint density at radius 3 is 2.55 bits per heavy atom. The Balaban J connectivity index is 1.22. The molecule has 0 spiro atoms. The zero-order valence-electron chi connectivity index (χ0n) is 19.9. The molecule has 0 bridgehead atoms. The molecule has 4 nitrogen and oxygen atoms in total. The lowest BCUT2D eigenvalue weighted by Gasteiger charge is -2.60. The smallest absolute Gasteiger partial charge is 0.307 e. The van der Waals surface area contributed by atoms with Crippen molar-refractivity contribution in [2.45, 2.75) is 103 Å². The summed E-state index contributed by atoms with van der Waals surface area (Å²) in [6.45, 7) is 8.10. The Bertz CT molecular complexity index is 701. The van der Waals surface area contributed by atoms with Gasteiger partial charge < -0.3 is 9.64 Å². The lowest BCUT2D eigenvalue weighted by molar-refractivity contribution is -0.164. The summed E-state index contributed by atoms with van der Waals surface area (Å²) < 4.78 is 6.19. The van der Waals surface area contributed by atoms with Gasteiger partial charge in [0.2, 0.25) is 0 Å². The summed E-state index contributed by atoms with van der Waals surface area (Å²) >= 11 is 0. The average molecular weight is 430 g/mol. The van der Waals surface area contributed by atoms with Crippen LogP contribution in [0.15, 0.2) is 0 Å². The molecule has 0 N–H and O–H groups in total. The topological polar surface area (TPSA) is 46.6 Å². The van der Waals surface area contributed by atoms with Gasteiger partial charge in [-0.3, -0.25) is 9.59 Å². The lowest BCUT2D eigenvalue weighted by Crippen LogP contribution is -2.54. The summed E-state index contributed by atoms with van der Waals surface area (Å²) in [6.07, 6.45) is 14.5. The van der Waals surface area contributed by atoms with Gasteiger partial charge in [0.25, 0.3) is 0 Å². The molecule has 174 valence electrons. The number of Topliss-reactive ketones (excluding diaryl/α,β-unsaturated/α-hetero) is 1. The van der Waals surface area contributed by atoms with Gasteiger partial charge in [0.05, 0.1) is 6.42 Å². The molecule has 4 heteroatoms. The fourth-order valence-electron chi connectivity index (χ4n) is 8.84. The first-order valence-electron chi connectivity index (χ1n) is 13.3. The number of nitrogens with zero attached hydrogens (tertiary/aromatic N) is 1. The van der Waals surface area contributed by atoms with Crippen LogP contribution < -0.4 is 0 Å². The highest BCUT2D eigenvalue weighted by Gasteiger charge is 2.61. The molecule has 0 radical (unpaired) electrons. The maximum atomic E-state index is 12.7. The third-order valence-electron chi connectivity index (χ3n) is 10.7. The number of ketones is 1. The van der Waals surface area contributed by atoms with E-state index in [0.717, 1.165) is 57.2 Å². The van der Waals surface area contributed by atoms with E-state index < -0.39 is 0 Å². The van der Waals surface area contributed by atoms with Crippen molar-refractivity contribution in [3.05, 3.63) is 0 Å². The lowest BCUT2D eigenvalue weighted by atomic mass is 9.45. The highest BCUT2D eigenvalue weighted by atomic mass is 16.5. The van der Waals surface area contributed by atoms with E-state index in [2.05, 4.69) is 18.7 Å². The van der Waals surface area contributed by atoms with E-state index in [1.165, 1.54) is 51.4 Å². The van der Waals surface area contributed by atoms with Gasteiger partial charge in [-0.05, 0) is 100.0 Å². The quantitative estimate of drug-likeness (QED) is 0.563. The number of likely N-dealkylation sites (tertiary alicyclic amines) is 1. The number of esters is 1. The second-order valence-corrected chi connectivity index (χ2v) is 12.2. The Labute approximate surface area is 188 Å². The van der Waals surface area contributed by atoms with Crippen LogP contribution in [0.2, 0.25) is 0 Å². The second kappa shape index (κ2) is 8.47. The molecular formula is C27H43NO3. The third kappa shape index (κ3) is 3.89. The number of carbonyl (C=O) groups is 2. The van der Waals surface area contributed by atoms with Crippen LogP contribution >= 0.6 is 0 Å². The summed E-state index contributed by atoms with van der Waals surface area (Å²) in [5.74, 6) is 3.38. The van der Waals surface area contributed by atoms with Gasteiger partial charge in [0, 0.05) is 24.8 Å².